The van der Waals surface area contributed by atoms with E-state index in [0.29, 0.717) is 0 Å². The van der Waals surface area contributed by atoms with E-state index in [-0.39, 0.29) is 1.43 Å². The standard InChI is InChI=1S/C5H12N2S.H2/c1-4-6-5(8)7(2)3;/h4H2,1-3H3,(H,6,8);1H. The van der Waals surface area contributed by atoms with Crippen molar-refractivity contribution in [2.75, 3.05) is 20.6 Å². The second-order valence-corrected chi connectivity index (χ2v) is 2.12. The summed E-state index contributed by atoms with van der Waals surface area (Å²) in [6, 6.07) is 0. The third-order valence-corrected chi connectivity index (χ3v) is 1.24. The molecule has 0 rings (SSSR count). The molecule has 8 heavy (non-hydrogen) atoms. The van der Waals surface area contributed by atoms with E-state index in [9.17, 15) is 0 Å². The van der Waals surface area contributed by atoms with E-state index in [1.165, 1.54) is 0 Å². The molecule has 0 aliphatic carbocycles. The lowest BCUT2D eigenvalue weighted by Gasteiger charge is -2.13. The largest absolute Gasteiger partial charge is 0.363 e. The first-order chi connectivity index (χ1) is 3.68. The summed E-state index contributed by atoms with van der Waals surface area (Å²) >= 11 is 4.89. The number of nitrogens with zero attached hydrogens (tertiary/aromatic N) is 1. The van der Waals surface area contributed by atoms with Gasteiger partial charge in [0.1, 0.15) is 0 Å². The number of hydrogen-bond acceptors (Lipinski definition) is 1. The Morgan fingerprint density at radius 1 is 1.75 bits per heavy atom. The summed E-state index contributed by atoms with van der Waals surface area (Å²) in [6.45, 7) is 2.92. The quantitative estimate of drug-likeness (QED) is 0.531. The van der Waals surface area contributed by atoms with Crippen LogP contribution in [0.25, 0.3) is 0 Å². The van der Waals surface area contributed by atoms with E-state index >= 15 is 0 Å². The van der Waals surface area contributed by atoms with Crippen molar-refractivity contribution in [3.63, 3.8) is 0 Å². The average Bonchev–Trinajstić information content (AvgIpc) is 1.67. The second kappa shape index (κ2) is 3.66. The van der Waals surface area contributed by atoms with E-state index in [1.54, 1.807) is 0 Å². The lowest BCUT2D eigenvalue weighted by molar-refractivity contribution is 0.604. The zero-order valence-corrected chi connectivity index (χ0v) is 6.38. The van der Waals surface area contributed by atoms with E-state index < -0.39 is 0 Å². The highest BCUT2D eigenvalue weighted by molar-refractivity contribution is 7.80. The molecule has 0 unspecified atom stereocenters. The monoisotopic (exact) mass is 134 g/mol. The number of hydrogen-bond donors (Lipinski definition) is 1. The molecule has 0 saturated carbocycles. The van der Waals surface area contributed by atoms with Crippen LogP contribution in [0.3, 0.4) is 0 Å². The summed E-state index contributed by atoms with van der Waals surface area (Å²) in [7, 11) is 3.84. The highest BCUT2D eigenvalue weighted by atomic mass is 32.1. The number of rotatable bonds is 1. The smallest absolute Gasteiger partial charge is 0.168 e. The van der Waals surface area contributed by atoms with Gasteiger partial charge in [-0.2, -0.15) is 0 Å². The topological polar surface area (TPSA) is 15.3 Å². The van der Waals surface area contributed by atoms with Gasteiger partial charge in [0.2, 0.25) is 0 Å². The Morgan fingerprint density at radius 2 is 2.25 bits per heavy atom. The van der Waals surface area contributed by atoms with Crippen LogP contribution in [0.5, 0.6) is 0 Å². The van der Waals surface area contributed by atoms with Crippen molar-refractivity contribution < 1.29 is 1.43 Å². The second-order valence-electron chi connectivity index (χ2n) is 1.73. The van der Waals surface area contributed by atoms with Crippen LogP contribution in [0.4, 0.5) is 0 Å². The van der Waals surface area contributed by atoms with Crippen LogP contribution in [-0.4, -0.2) is 30.7 Å². The van der Waals surface area contributed by atoms with Crippen LogP contribution in [0.2, 0.25) is 0 Å². The Bertz CT molecular complexity index is 85.0. The molecular weight excluding hydrogens is 120 g/mol. The summed E-state index contributed by atoms with van der Waals surface area (Å²) in [5.74, 6) is 0. The molecule has 0 aliphatic heterocycles. The minimum absolute atomic E-state index is 0. The fourth-order valence-electron chi connectivity index (χ4n) is 0.309. The Hall–Kier alpha value is -0.310. The molecule has 0 atom stereocenters. The average molecular weight is 134 g/mol. The van der Waals surface area contributed by atoms with E-state index in [4.69, 9.17) is 12.2 Å². The first-order valence-electron chi connectivity index (χ1n) is 2.63. The molecule has 0 aromatic heterocycles. The van der Waals surface area contributed by atoms with Crippen molar-refractivity contribution >= 4 is 17.3 Å². The van der Waals surface area contributed by atoms with Crippen LogP contribution in [0, 0.1) is 0 Å². The molecule has 0 aromatic carbocycles. The van der Waals surface area contributed by atoms with Gasteiger partial charge in [0.25, 0.3) is 0 Å². The zero-order chi connectivity index (χ0) is 6.57. The molecule has 0 radical (unpaired) electrons. The molecule has 2 nitrogen and oxygen atoms in total. The highest BCUT2D eigenvalue weighted by Gasteiger charge is 1.91. The van der Waals surface area contributed by atoms with E-state index in [1.807, 2.05) is 25.9 Å². The summed E-state index contributed by atoms with van der Waals surface area (Å²) in [5.41, 5.74) is 0. The summed E-state index contributed by atoms with van der Waals surface area (Å²) in [4.78, 5) is 1.87. The Morgan fingerprint density at radius 3 is 2.38 bits per heavy atom. The van der Waals surface area contributed by atoms with Crippen molar-refractivity contribution in [3.05, 3.63) is 0 Å². The highest BCUT2D eigenvalue weighted by Crippen LogP contribution is 1.74. The third kappa shape index (κ3) is 2.80. The van der Waals surface area contributed by atoms with Crippen molar-refractivity contribution in [1.29, 1.82) is 0 Å². The molecule has 0 amide bonds. The SMILES string of the molecule is CCNC(=S)N(C)C.[HH]. The minimum Gasteiger partial charge on any atom is -0.363 e. The van der Waals surface area contributed by atoms with Gasteiger partial charge in [0.05, 0.1) is 0 Å². The molecule has 0 bridgehead atoms. The maximum atomic E-state index is 4.89. The maximum absolute atomic E-state index is 4.89. The van der Waals surface area contributed by atoms with E-state index in [0.717, 1.165) is 11.7 Å². The van der Waals surface area contributed by atoms with Gasteiger partial charge in [0.15, 0.2) is 5.11 Å². The summed E-state index contributed by atoms with van der Waals surface area (Å²) < 4.78 is 0. The van der Waals surface area contributed by atoms with Crippen LogP contribution in [-0.2, 0) is 0 Å². The van der Waals surface area contributed by atoms with Crippen LogP contribution in [0.15, 0.2) is 0 Å². The van der Waals surface area contributed by atoms with E-state index in [2.05, 4.69) is 5.32 Å². The van der Waals surface area contributed by atoms with Gasteiger partial charge < -0.3 is 10.2 Å². The molecule has 1 N–H and O–H groups in total. The molecule has 0 heterocycles. The lowest BCUT2D eigenvalue weighted by Crippen LogP contribution is -2.33. The predicted molar refractivity (Wildman–Crippen MR) is 42.1 cm³/mol. The lowest BCUT2D eigenvalue weighted by atomic mass is 10.7. The summed E-state index contributed by atoms with van der Waals surface area (Å²) in [6.07, 6.45) is 0. The van der Waals surface area contributed by atoms with Gasteiger partial charge in [0, 0.05) is 22.1 Å². The third-order valence-electron chi connectivity index (χ3n) is 0.734. The van der Waals surface area contributed by atoms with Crippen LogP contribution < -0.4 is 5.32 Å². The first-order valence-corrected chi connectivity index (χ1v) is 3.04. The van der Waals surface area contributed by atoms with Gasteiger partial charge >= 0.3 is 0 Å². The fourth-order valence-corrected chi connectivity index (χ4v) is 0.454. The zero-order valence-electron chi connectivity index (χ0n) is 5.56. The normalized spacial score (nSPS) is 8.38. The molecule has 0 fully saturated rings. The fraction of sp³-hybridized carbons (Fsp3) is 0.800. The molecule has 0 spiro atoms. The first kappa shape index (κ1) is 7.69. The maximum Gasteiger partial charge on any atom is 0.168 e. The van der Waals surface area contributed by atoms with Gasteiger partial charge in [-0.1, -0.05) is 0 Å². The van der Waals surface area contributed by atoms with Crippen LogP contribution in [0.1, 0.15) is 8.35 Å². The Balaban J connectivity index is 0. The van der Waals surface area contributed by atoms with Gasteiger partial charge in [-0.05, 0) is 19.1 Å². The Labute approximate surface area is 57.4 Å². The number of thiocarbonyl (C=S) groups is 1. The molecule has 0 saturated heterocycles. The van der Waals surface area contributed by atoms with Crippen LogP contribution >= 0.6 is 12.2 Å². The Kier molecular flexibility index (Phi) is 3.52. The molecule has 0 aliphatic rings. The van der Waals surface area contributed by atoms with Gasteiger partial charge in [-0.25, -0.2) is 0 Å². The van der Waals surface area contributed by atoms with Gasteiger partial charge in [-0.15, -0.1) is 0 Å². The predicted octanol–water partition coefficient (Wildman–Crippen LogP) is 0.688. The summed E-state index contributed by atoms with van der Waals surface area (Å²) in [5, 5.41) is 3.80. The van der Waals surface area contributed by atoms with Crippen molar-refractivity contribution in [2.24, 2.45) is 0 Å². The van der Waals surface area contributed by atoms with Crippen molar-refractivity contribution in [3.8, 4) is 0 Å². The van der Waals surface area contributed by atoms with Gasteiger partial charge in [-0.3, -0.25) is 0 Å². The van der Waals surface area contributed by atoms with Crippen molar-refractivity contribution in [2.45, 2.75) is 6.92 Å². The molecule has 3 heteroatoms. The minimum atomic E-state index is 0. The molecule has 50 valence electrons. The molecular formula is C5H14N2S. The molecule has 0 aromatic rings. The van der Waals surface area contributed by atoms with Crippen molar-refractivity contribution in [1.82, 2.24) is 10.2 Å². The number of nitrogens with one attached hydrogen (secondary N) is 1.